The summed E-state index contributed by atoms with van der Waals surface area (Å²) in [6.45, 7) is 1.67. The molecule has 6 rings (SSSR count). The number of aliphatic hydroxyl groups is 1. The quantitative estimate of drug-likeness (QED) is 0.146. The highest BCUT2D eigenvalue weighted by molar-refractivity contribution is 6.03. The number of aromatic nitrogens is 2. The fraction of sp³-hybridized carbons (Fsp3) is 0.179. The van der Waals surface area contributed by atoms with Crippen molar-refractivity contribution < 1.29 is 19.4 Å². The zero-order valence-electron chi connectivity index (χ0n) is 20.4. The number of cyclic esters (lactones) is 1. The maximum Gasteiger partial charge on any atom is 0.343 e. The second-order valence-corrected chi connectivity index (χ2v) is 9.29. The molecular formula is C28H23N5O5. The average Bonchev–Trinajstić information content (AvgIpc) is 3.29. The van der Waals surface area contributed by atoms with E-state index in [4.69, 9.17) is 15.5 Å². The molecule has 190 valence electrons. The molecule has 4 heterocycles. The third-order valence-electron chi connectivity index (χ3n) is 7.17. The Kier molecular flexibility index (Phi) is 5.35. The van der Waals surface area contributed by atoms with Crippen molar-refractivity contribution in [1.82, 2.24) is 15.0 Å². The van der Waals surface area contributed by atoms with Crippen LogP contribution in [0.5, 0.6) is 0 Å². The normalized spacial score (nSPS) is 17.7. The van der Waals surface area contributed by atoms with E-state index in [9.17, 15) is 19.5 Å². The lowest BCUT2D eigenvalue weighted by Gasteiger charge is -2.31. The second-order valence-electron chi connectivity index (χ2n) is 9.29. The van der Waals surface area contributed by atoms with Gasteiger partial charge in [0, 0.05) is 33.3 Å². The summed E-state index contributed by atoms with van der Waals surface area (Å²) in [6.07, 6.45) is 1.61. The predicted octanol–water partition coefficient (Wildman–Crippen LogP) is 2.43. The van der Waals surface area contributed by atoms with E-state index in [0.717, 1.165) is 10.9 Å². The standard InChI is InChI=1S/C28H23N5O5/c1-2-28(37)21-11-23-24-19(13-33(23)26(35)20(21)14-38-27(28)36)18(17-5-3-4-6-22(17)31-24)12-30-32-25(34)15-7-9-16(29)10-8-15/h3-12,37H,2,13-14,29H2,1H3,(H,32,34)/b30-12+/t28-/m0/s1. The molecule has 0 saturated heterocycles. The number of hydrogen-bond acceptors (Lipinski definition) is 8. The first-order valence-electron chi connectivity index (χ1n) is 12.1. The smallest absolute Gasteiger partial charge is 0.343 e. The number of amides is 1. The van der Waals surface area contributed by atoms with Crippen LogP contribution in [0.2, 0.25) is 0 Å². The number of ether oxygens (including phenoxy) is 1. The van der Waals surface area contributed by atoms with Crippen LogP contribution in [0.15, 0.2) is 64.5 Å². The van der Waals surface area contributed by atoms with Gasteiger partial charge in [-0.3, -0.25) is 9.59 Å². The number of nitrogen functional groups attached to an aromatic ring is 1. The van der Waals surface area contributed by atoms with Crippen molar-refractivity contribution in [2.24, 2.45) is 5.10 Å². The van der Waals surface area contributed by atoms with Gasteiger partial charge in [-0.1, -0.05) is 25.1 Å². The number of para-hydroxylation sites is 1. The Morgan fingerprint density at radius 1 is 1.21 bits per heavy atom. The van der Waals surface area contributed by atoms with E-state index in [1.54, 1.807) is 48.0 Å². The number of nitrogens with one attached hydrogen (secondary N) is 1. The number of rotatable bonds is 4. The number of hydrazone groups is 1. The van der Waals surface area contributed by atoms with E-state index in [-0.39, 0.29) is 36.3 Å². The molecule has 0 bridgehead atoms. The Morgan fingerprint density at radius 3 is 2.74 bits per heavy atom. The van der Waals surface area contributed by atoms with Gasteiger partial charge in [-0.2, -0.15) is 5.10 Å². The number of nitrogens with two attached hydrogens (primary N) is 1. The Bertz CT molecular complexity index is 1740. The molecule has 0 saturated carbocycles. The molecule has 0 fully saturated rings. The third-order valence-corrected chi connectivity index (χ3v) is 7.17. The number of carbonyl (C=O) groups is 2. The monoisotopic (exact) mass is 509 g/mol. The van der Waals surface area contributed by atoms with Crippen molar-refractivity contribution >= 4 is 34.7 Å². The minimum Gasteiger partial charge on any atom is -0.458 e. The van der Waals surface area contributed by atoms with E-state index < -0.39 is 17.5 Å². The Labute approximate surface area is 216 Å². The summed E-state index contributed by atoms with van der Waals surface area (Å²) in [5, 5.41) is 16.1. The van der Waals surface area contributed by atoms with Crippen molar-refractivity contribution in [2.75, 3.05) is 5.73 Å². The van der Waals surface area contributed by atoms with Gasteiger partial charge in [0.25, 0.3) is 11.5 Å². The SMILES string of the molecule is CC[C@@]1(O)C(=O)OCc2c1cc1n(c2=O)Cc2c-1nc1ccccc1c2/C=N/NC(=O)c1ccc(N)cc1. The fourth-order valence-corrected chi connectivity index (χ4v) is 5.06. The summed E-state index contributed by atoms with van der Waals surface area (Å²) < 4.78 is 6.71. The summed E-state index contributed by atoms with van der Waals surface area (Å²) >= 11 is 0. The van der Waals surface area contributed by atoms with Gasteiger partial charge in [-0.25, -0.2) is 15.2 Å². The van der Waals surface area contributed by atoms with Crippen LogP contribution in [0.25, 0.3) is 22.3 Å². The topological polar surface area (TPSA) is 149 Å². The number of hydrogen-bond donors (Lipinski definition) is 3. The minimum absolute atomic E-state index is 0.0609. The molecule has 2 aliphatic rings. The fourth-order valence-electron chi connectivity index (χ4n) is 5.06. The van der Waals surface area contributed by atoms with Crippen molar-refractivity contribution in [3.63, 3.8) is 0 Å². The first-order chi connectivity index (χ1) is 18.3. The highest BCUT2D eigenvalue weighted by Crippen LogP contribution is 2.39. The van der Waals surface area contributed by atoms with Gasteiger partial charge < -0.3 is 20.1 Å². The molecule has 1 atom stereocenters. The first kappa shape index (κ1) is 23.6. The zero-order chi connectivity index (χ0) is 26.6. The Hall–Kier alpha value is -4.83. The lowest BCUT2D eigenvalue weighted by molar-refractivity contribution is -0.172. The molecule has 4 N–H and O–H groups in total. The number of fused-ring (bicyclic) bond motifs is 5. The van der Waals surface area contributed by atoms with Crippen molar-refractivity contribution in [2.45, 2.75) is 32.1 Å². The molecule has 2 aromatic carbocycles. The first-order valence-corrected chi connectivity index (χ1v) is 12.1. The van der Waals surface area contributed by atoms with Gasteiger partial charge >= 0.3 is 5.97 Å². The second kappa shape index (κ2) is 8.63. The van der Waals surface area contributed by atoms with Crippen LogP contribution in [-0.2, 0) is 28.3 Å². The molecule has 0 aliphatic carbocycles. The lowest BCUT2D eigenvalue weighted by Crippen LogP contribution is -2.44. The van der Waals surface area contributed by atoms with Crippen LogP contribution in [0.4, 0.5) is 5.69 Å². The molecule has 10 heteroatoms. The van der Waals surface area contributed by atoms with E-state index in [1.807, 2.05) is 24.3 Å². The molecule has 10 nitrogen and oxygen atoms in total. The highest BCUT2D eigenvalue weighted by atomic mass is 16.6. The maximum atomic E-state index is 13.5. The molecule has 1 amide bonds. The number of carbonyl (C=O) groups excluding carboxylic acids is 2. The predicted molar refractivity (Wildman–Crippen MR) is 140 cm³/mol. The maximum absolute atomic E-state index is 13.5. The van der Waals surface area contributed by atoms with Crippen molar-refractivity contribution in [3.05, 3.63) is 92.8 Å². The molecule has 0 radical (unpaired) electrons. The number of pyridine rings is 2. The minimum atomic E-state index is -1.90. The van der Waals surface area contributed by atoms with E-state index in [2.05, 4.69) is 10.5 Å². The Balaban J connectivity index is 1.46. The molecular weight excluding hydrogens is 486 g/mol. The lowest BCUT2D eigenvalue weighted by atomic mass is 9.86. The molecule has 38 heavy (non-hydrogen) atoms. The summed E-state index contributed by atoms with van der Waals surface area (Å²) in [5.74, 6) is -1.17. The van der Waals surface area contributed by atoms with Crippen molar-refractivity contribution in [3.8, 4) is 11.4 Å². The molecule has 0 spiro atoms. The Morgan fingerprint density at radius 2 is 1.97 bits per heavy atom. The number of nitrogens with zero attached hydrogens (tertiary/aromatic N) is 3. The highest BCUT2D eigenvalue weighted by Gasteiger charge is 2.45. The molecule has 2 aromatic heterocycles. The number of esters is 1. The summed E-state index contributed by atoms with van der Waals surface area (Å²) in [4.78, 5) is 43.3. The van der Waals surface area contributed by atoms with Gasteiger partial charge in [0.05, 0.1) is 35.2 Å². The summed E-state index contributed by atoms with van der Waals surface area (Å²) in [5.41, 5.74) is 10.6. The number of benzene rings is 2. The van der Waals surface area contributed by atoms with Gasteiger partial charge in [0.1, 0.15) is 6.61 Å². The van der Waals surface area contributed by atoms with Crippen LogP contribution < -0.4 is 16.7 Å². The largest absolute Gasteiger partial charge is 0.458 e. The molecule has 0 unspecified atom stereocenters. The van der Waals surface area contributed by atoms with Crippen LogP contribution >= 0.6 is 0 Å². The van der Waals surface area contributed by atoms with E-state index in [1.165, 1.54) is 0 Å². The van der Waals surface area contributed by atoms with Gasteiger partial charge in [-0.15, -0.1) is 0 Å². The van der Waals surface area contributed by atoms with E-state index >= 15 is 0 Å². The third kappa shape index (κ3) is 3.49. The van der Waals surface area contributed by atoms with E-state index in [0.29, 0.717) is 33.7 Å². The molecule has 2 aliphatic heterocycles. The number of anilines is 1. The van der Waals surface area contributed by atoms with Gasteiger partial charge in [0.2, 0.25) is 0 Å². The van der Waals surface area contributed by atoms with Crippen LogP contribution in [-0.4, -0.2) is 32.7 Å². The molecule has 4 aromatic rings. The van der Waals surface area contributed by atoms with Gasteiger partial charge in [-0.05, 0) is 42.8 Å². The zero-order valence-corrected chi connectivity index (χ0v) is 20.4. The van der Waals surface area contributed by atoms with Crippen molar-refractivity contribution in [1.29, 1.82) is 0 Å². The van der Waals surface area contributed by atoms with Crippen LogP contribution in [0, 0.1) is 0 Å². The van der Waals surface area contributed by atoms with Crippen LogP contribution in [0.1, 0.15) is 46.0 Å². The van der Waals surface area contributed by atoms with Crippen LogP contribution in [0.3, 0.4) is 0 Å². The average molecular weight is 510 g/mol. The summed E-state index contributed by atoms with van der Waals surface area (Å²) in [7, 11) is 0. The van der Waals surface area contributed by atoms with Gasteiger partial charge in [0.15, 0.2) is 5.60 Å². The summed E-state index contributed by atoms with van der Waals surface area (Å²) in [6, 6.07) is 15.6.